The molecule has 0 saturated carbocycles. The maximum atomic E-state index is 14.2. The Bertz CT molecular complexity index is 451. The number of piperidine rings is 1. The van der Waals surface area contributed by atoms with Crippen molar-refractivity contribution < 1.29 is 8.78 Å². The molecule has 0 bridgehead atoms. The maximum absolute atomic E-state index is 14.2. The molecule has 3 heteroatoms. The summed E-state index contributed by atoms with van der Waals surface area (Å²) >= 11 is 0. The van der Waals surface area contributed by atoms with E-state index in [1.54, 1.807) is 6.92 Å². The van der Waals surface area contributed by atoms with E-state index in [2.05, 4.69) is 18.4 Å². The topological polar surface area (TPSA) is 3.24 Å². The van der Waals surface area contributed by atoms with Gasteiger partial charge in [-0.3, -0.25) is 0 Å². The highest BCUT2D eigenvalue weighted by molar-refractivity contribution is 5.36. The Hall–Kier alpha value is -1.38. The van der Waals surface area contributed by atoms with E-state index >= 15 is 0 Å². The number of nitrogens with zero attached hydrogens (tertiary/aromatic N) is 1. The number of benzene rings is 1. The highest BCUT2D eigenvalue weighted by Gasteiger charge is 2.37. The lowest BCUT2D eigenvalue weighted by molar-refractivity contribution is 0.196. The summed E-state index contributed by atoms with van der Waals surface area (Å²) in [5.74, 6) is -0.889. The van der Waals surface area contributed by atoms with Crippen LogP contribution in [0, 0.1) is 18.6 Å². The van der Waals surface area contributed by atoms with Gasteiger partial charge in [0.25, 0.3) is 0 Å². The highest BCUT2D eigenvalue weighted by Crippen LogP contribution is 2.41. The summed E-state index contributed by atoms with van der Waals surface area (Å²) < 4.78 is 27.5. The minimum atomic E-state index is -0.492. The van der Waals surface area contributed by atoms with Crippen LogP contribution in [0.5, 0.6) is 0 Å². The minimum absolute atomic E-state index is 0.165. The summed E-state index contributed by atoms with van der Waals surface area (Å²) in [6, 6.07) is 2.45. The zero-order valence-corrected chi connectivity index (χ0v) is 11.7. The van der Waals surface area contributed by atoms with Gasteiger partial charge < -0.3 is 4.90 Å². The molecule has 2 rings (SSSR count). The van der Waals surface area contributed by atoms with E-state index in [1.807, 2.05) is 6.20 Å². The zero-order chi connectivity index (χ0) is 14.0. The molecular weight excluding hydrogens is 244 g/mol. The van der Waals surface area contributed by atoms with Gasteiger partial charge in [0, 0.05) is 24.6 Å². The number of likely N-dealkylation sites (tertiary alicyclic amines) is 1. The number of aryl methyl sites for hydroxylation is 1. The van der Waals surface area contributed by atoms with Gasteiger partial charge >= 0.3 is 0 Å². The van der Waals surface area contributed by atoms with Crippen molar-refractivity contribution in [2.24, 2.45) is 0 Å². The Balaban J connectivity index is 2.40. The summed E-state index contributed by atoms with van der Waals surface area (Å²) in [5, 5.41) is 0. The van der Waals surface area contributed by atoms with Gasteiger partial charge in [-0.1, -0.05) is 13.5 Å². The molecule has 0 amide bonds. The largest absolute Gasteiger partial charge is 0.378 e. The molecule has 19 heavy (non-hydrogen) atoms. The Labute approximate surface area is 113 Å². The first-order chi connectivity index (χ1) is 9.02. The summed E-state index contributed by atoms with van der Waals surface area (Å²) in [4.78, 5) is 2.16. The first-order valence-electron chi connectivity index (χ1n) is 6.85. The van der Waals surface area contributed by atoms with E-state index in [0.29, 0.717) is 5.56 Å². The van der Waals surface area contributed by atoms with Crippen LogP contribution >= 0.6 is 0 Å². The van der Waals surface area contributed by atoms with Gasteiger partial charge in [0.05, 0.1) is 0 Å². The minimum Gasteiger partial charge on any atom is -0.378 e. The monoisotopic (exact) mass is 265 g/mol. The van der Waals surface area contributed by atoms with Crippen molar-refractivity contribution in [1.82, 2.24) is 4.90 Å². The quantitative estimate of drug-likeness (QED) is 0.793. The smallest absolute Gasteiger partial charge is 0.130 e. The summed E-state index contributed by atoms with van der Waals surface area (Å²) in [7, 11) is 0. The van der Waals surface area contributed by atoms with Crippen molar-refractivity contribution in [3.8, 4) is 0 Å². The Kier molecular flexibility index (Phi) is 3.93. The molecule has 1 aliphatic heterocycles. The summed E-state index contributed by atoms with van der Waals surface area (Å²) in [6.45, 7) is 9.44. The van der Waals surface area contributed by atoms with E-state index in [-0.39, 0.29) is 5.41 Å². The molecule has 0 atom stereocenters. The molecule has 1 nitrogen and oxygen atoms in total. The predicted molar refractivity (Wildman–Crippen MR) is 74.1 cm³/mol. The lowest BCUT2D eigenvalue weighted by Crippen LogP contribution is -2.41. The number of hydrogen-bond acceptors (Lipinski definition) is 1. The molecule has 1 heterocycles. The molecule has 0 aromatic heterocycles. The van der Waals surface area contributed by atoms with Crippen LogP contribution in [0.2, 0.25) is 0 Å². The van der Waals surface area contributed by atoms with Crippen molar-refractivity contribution in [3.05, 3.63) is 47.7 Å². The van der Waals surface area contributed by atoms with Gasteiger partial charge in [0.1, 0.15) is 11.6 Å². The van der Waals surface area contributed by atoms with E-state index in [0.717, 1.165) is 44.0 Å². The standard InChI is InChI=1S/C16H21F2N/c1-4-16(6-8-19(5-2)9-7-16)15-12(3)10-13(17)11-14(15)18/h5,10-11H,2,4,6-9H2,1,3H3. The van der Waals surface area contributed by atoms with Crippen LogP contribution in [-0.2, 0) is 5.41 Å². The first kappa shape index (κ1) is 14.0. The molecule has 1 fully saturated rings. The van der Waals surface area contributed by atoms with E-state index < -0.39 is 11.6 Å². The fraction of sp³-hybridized carbons (Fsp3) is 0.500. The molecule has 0 N–H and O–H groups in total. The van der Waals surface area contributed by atoms with E-state index in [9.17, 15) is 8.78 Å². The molecule has 0 radical (unpaired) electrons. The predicted octanol–water partition coefficient (Wildman–Crippen LogP) is 4.16. The Morgan fingerprint density at radius 2 is 1.95 bits per heavy atom. The fourth-order valence-electron chi connectivity index (χ4n) is 3.29. The molecule has 1 aromatic carbocycles. The average Bonchev–Trinajstić information content (AvgIpc) is 2.38. The molecule has 0 unspecified atom stereocenters. The molecule has 0 spiro atoms. The summed E-state index contributed by atoms with van der Waals surface area (Å²) in [6.07, 6.45) is 4.49. The molecule has 0 aliphatic carbocycles. The van der Waals surface area contributed by atoms with Crippen molar-refractivity contribution in [2.45, 2.75) is 38.5 Å². The van der Waals surface area contributed by atoms with Crippen molar-refractivity contribution in [3.63, 3.8) is 0 Å². The molecular formula is C16H21F2N. The SMILES string of the molecule is C=CN1CCC(CC)(c2c(C)cc(F)cc2F)CC1. The first-order valence-corrected chi connectivity index (χ1v) is 6.85. The van der Waals surface area contributed by atoms with Gasteiger partial charge in [-0.15, -0.1) is 0 Å². The van der Waals surface area contributed by atoms with Gasteiger partial charge in [-0.2, -0.15) is 0 Å². The van der Waals surface area contributed by atoms with Gasteiger partial charge in [-0.05, 0) is 49.6 Å². The second-order valence-electron chi connectivity index (χ2n) is 5.43. The van der Waals surface area contributed by atoms with Gasteiger partial charge in [-0.25, -0.2) is 8.78 Å². The third-order valence-electron chi connectivity index (χ3n) is 4.47. The Morgan fingerprint density at radius 1 is 1.32 bits per heavy atom. The number of rotatable bonds is 3. The van der Waals surface area contributed by atoms with Crippen LogP contribution in [0.1, 0.15) is 37.3 Å². The molecule has 1 aliphatic rings. The molecule has 1 saturated heterocycles. The second-order valence-corrected chi connectivity index (χ2v) is 5.43. The van der Waals surface area contributed by atoms with Crippen LogP contribution in [0.15, 0.2) is 24.9 Å². The third kappa shape index (κ3) is 2.51. The normalized spacial score (nSPS) is 18.4. The lowest BCUT2D eigenvalue weighted by Gasteiger charge is -2.42. The second kappa shape index (κ2) is 5.32. The van der Waals surface area contributed by atoms with E-state index in [1.165, 1.54) is 6.07 Å². The zero-order valence-electron chi connectivity index (χ0n) is 11.7. The lowest BCUT2D eigenvalue weighted by atomic mass is 9.69. The van der Waals surface area contributed by atoms with E-state index in [4.69, 9.17) is 0 Å². The van der Waals surface area contributed by atoms with Crippen molar-refractivity contribution >= 4 is 0 Å². The van der Waals surface area contributed by atoms with Crippen LogP contribution in [-0.4, -0.2) is 18.0 Å². The van der Waals surface area contributed by atoms with Gasteiger partial charge in [0.15, 0.2) is 0 Å². The Morgan fingerprint density at radius 3 is 2.42 bits per heavy atom. The number of halogens is 2. The van der Waals surface area contributed by atoms with Gasteiger partial charge in [0.2, 0.25) is 0 Å². The van der Waals surface area contributed by atoms with Crippen molar-refractivity contribution in [1.29, 1.82) is 0 Å². The van der Waals surface area contributed by atoms with Crippen LogP contribution in [0.25, 0.3) is 0 Å². The third-order valence-corrected chi connectivity index (χ3v) is 4.47. The number of hydrogen-bond donors (Lipinski definition) is 0. The fourth-order valence-corrected chi connectivity index (χ4v) is 3.29. The van der Waals surface area contributed by atoms with Crippen molar-refractivity contribution in [2.75, 3.05) is 13.1 Å². The highest BCUT2D eigenvalue weighted by atomic mass is 19.1. The van der Waals surface area contributed by atoms with Crippen LogP contribution < -0.4 is 0 Å². The average molecular weight is 265 g/mol. The molecule has 104 valence electrons. The molecule has 1 aromatic rings. The summed E-state index contributed by atoms with van der Waals surface area (Å²) in [5.41, 5.74) is 1.27. The van der Waals surface area contributed by atoms with Crippen LogP contribution in [0.3, 0.4) is 0 Å². The maximum Gasteiger partial charge on any atom is 0.130 e. The van der Waals surface area contributed by atoms with Crippen LogP contribution in [0.4, 0.5) is 8.78 Å².